The molecule has 0 aliphatic heterocycles. The quantitative estimate of drug-likeness (QED) is 0.333. The van der Waals surface area contributed by atoms with Crippen molar-refractivity contribution >= 4 is 21.7 Å². The maximum atomic E-state index is 9.85. The van der Waals surface area contributed by atoms with Gasteiger partial charge in [-0.3, -0.25) is 0 Å². The first-order chi connectivity index (χ1) is 3.48. The molecule has 48 valence electrons. The van der Waals surface area contributed by atoms with Crippen molar-refractivity contribution in [3.05, 3.63) is 10.4 Å². The Morgan fingerprint density at radius 1 is 1.67 bits per heavy atom. The van der Waals surface area contributed by atoms with Gasteiger partial charge < -0.3 is 4.55 Å². The number of hydrogen-bond acceptors (Lipinski definition) is 3. The molecule has 3 nitrogen and oxygen atoms in total. The molecule has 0 saturated carbocycles. The molecule has 0 N–H and O–H groups in total. The molecular formula is C3H4ClNaO3S. The van der Waals surface area contributed by atoms with Crippen LogP contribution in [0.25, 0.3) is 0 Å². The summed E-state index contributed by atoms with van der Waals surface area (Å²) in [6.45, 7) is 1.13. The Kier molecular flexibility index (Phi) is 6.59. The number of rotatable bonds is 1. The molecule has 0 saturated heterocycles. The van der Waals surface area contributed by atoms with Gasteiger partial charge in [-0.2, -0.15) is 0 Å². The third kappa shape index (κ3) is 5.39. The van der Waals surface area contributed by atoms with Crippen LogP contribution < -0.4 is 29.6 Å². The summed E-state index contributed by atoms with van der Waals surface area (Å²) in [6.07, 6.45) is 0. The van der Waals surface area contributed by atoms with Gasteiger partial charge in [-0.15, -0.1) is 0 Å². The van der Waals surface area contributed by atoms with Gasteiger partial charge in [-0.1, -0.05) is 11.6 Å². The van der Waals surface area contributed by atoms with Crippen LogP contribution >= 0.6 is 11.6 Å². The molecule has 9 heavy (non-hydrogen) atoms. The van der Waals surface area contributed by atoms with Gasteiger partial charge in [-0.25, -0.2) is 8.42 Å². The van der Waals surface area contributed by atoms with Crippen LogP contribution in [0.4, 0.5) is 0 Å². The third-order valence-corrected chi connectivity index (χ3v) is 1.91. The van der Waals surface area contributed by atoms with E-state index < -0.39 is 10.1 Å². The van der Waals surface area contributed by atoms with Gasteiger partial charge in [-0.05, 0) is 6.92 Å². The maximum Gasteiger partial charge on any atom is 1.00 e. The second kappa shape index (κ2) is 4.71. The van der Waals surface area contributed by atoms with Crippen LogP contribution in [0, 0.1) is 0 Å². The summed E-state index contributed by atoms with van der Waals surface area (Å²) in [5.41, 5.74) is 0.738. The fourth-order valence-corrected chi connectivity index (χ4v) is 0.491. The predicted molar refractivity (Wildman–Crippen MR) is 29.3 cm³/mol. The predicted octanol–water partition coefficient (Wildman–Crippen LogP) is -2.36. The molecule has 0 fully saturated rings. The van der Waals surface area contributed by atoms with Gasteiger partial charge in [0.2, 0.25) is 0 Å². The summed E-state index contributed by atoms with van der Waals surface area (Å²) in [4.78, 5) is -0.362. The van der Waals surface area contributed by atoms with Gasteiger partial charge in [0.05, 0.1) is 0 Å². The van der Waals surface area contributed by atoms with E-state index in [1.165, 1.54) is 0 Å². The zero-order valence-corrected chi connectivity index (χ0v) is 8.66. The van der Waals surface area contributed by atoms with E-state index in [0.717, 1.165) is 12.5 Å². The molecule has 0 aromatic heterocycles. The summed E-state index contributed by atoms with van der Waals surface area (Å²) in [5, 5.41) is 0. The van der Waals surface area contributed by atoms with Crippen LogP contribution in [0.3, 0.4) is 0 Å². The van der Waals surface area contributed by atoms with Crippen LogP contribution in [0.2, 0.25) is 0 Å². The van der Waals surface area contributed by atoms with Crippen LogP contribution in [-0.2, 0) is 10.1 Å². The normalized spacial score (nSPS) is 12.6. The Hall–Kier alpha value is 0.940. The van der Waals surface area contributed by atoms with E-state index in [1.54, 1.807) is 0 Å². The van der Waals surface area contributed by atoms with Crippen molar-refractivity contribution in [2.24, 2.45) is 0 Å². The van der Waals surface area contributed by atoms with E-state index in [-0.39, 0.29) is 34.5 Å². The minimum absolute atomic E-state index is 0. The summed E-state index contributed by atoms with van der Waals surface area (Å²) < 4.78 is 29.6. The van der Waals surface area contributed by atoms with Crippen molar-refractivity contribution in [1.82, 2.24) is 0 Å². The van der Waals surface area contributed by atoms with E-state index in [2.05, 4.69) is 0 Å². The van der Waals surface area contributed by atoms with Crippen molar-refractivity contribution < 1.29 is 42.5 Å². The van der Waals surface area contributed by atoms with Crippen LogP contribution in [-0.4, -0.2) is 13.0 Å². The second-order valence-corrected chi connectivity index (χ2v) is 2.94. The van der Waals surface area contributed by atoms with E-state index in [9.17, 15) is 13.0 Å². The summed E-state index contributed by atoms with van der Waals surface area (Å²) in [6, 6.07) is 0. The van der Waals surface area contributed by atoms with Gasteiger partial charge in [0, 0.05) is 10.4 Å². The molecular weight excluding hydrogens is 175 g/mol. The van der Waals surface area contributed by atoms with Crippen molar-refractivity contribution in [1.29, 1.82) is 0 Å². The maximum absolute atomic E-state index is 9.85. The fraction of sp³-hybridized carbons (Fsp3) is 0.333. The molecule has 0 unspecified atom stereocenters. The Morgan fingerprint density at radius 2 is 2.00 bits per heavy atom. The SMILES string of the molecule is CC(=CCl)S(=O)(=O)[O-].[Na+]. The van der Waals surface area contributed by atoms with E-state index in [0.29, 0.717) is 0 Å². The molecule has 0 heterocycles. The fourth-order valence-electron chi connectivity index (χ4n) is 0.0546. The minimum Gasteiger partial charge on any atom is -0.744 e. The van der Waals surface area contributed by atoms with E-state index >= 15 is 0 Å². The monoisotopic (exact) mass is 178 g/mol. The molecule has 0 radical (unpaired) electrons. The zero-order chi connectivity index (χ0) is 6.78. The second-order valence-electron chi connectivity index (χ2n) is 1.17. The van der Waals surface area contributed by atoms with Crippen molar-refractivity contribution in [3.63, 3.8) is 0 Å². The topological polar surface area (TPSA) is 57.2 Å². The first-order valence-electron chi connectivity index (χ1n) is 1.71. The van der Waals surface area contributed by atoms with Gasteiger partial charge in [0.1, 0.15) is 10.1 Å². The van der Waals surface area contributed by atoms with Crippen molar-refractivity contribution in [3.8, 4) is 0 Å². The molecule has 0 aliphatic carbocycles. The van der Waals surface area contributed by atoms with Gasteiger partial charge in [0.15, 0.2) is 0 Å². The van der Waals surface area contributed by atoms with E-state index in [1.807, 2.05) is 0 Å². The Morgan fingerprint density at radius 3 is 2.00 bits per heavy atom. The van der Waals surface area contributed by atoms with Crippen LogP contribution in [0.15, 0.2) is 10.4 Å². The Balaban J connectivity index is 0. The molecule has 0 spiro atoms. The smallest absolute Gasteiger partial charge is 0.744 e. The zero-order valence-electron chi connectivity index (χ0n) is 5.09. The van der Waals surface area contributed by atoms with Crippen LogP contribution in [0.5, 0.6) is 0 Å². The first kappa shape index (κ1) is 12.6. The molecule has 0 aromatic carbocycles. The Labute approximate surface area is 81.1 Å². The largest absolute Gasteiger partial charge is 1.00 e. The Bertz CT molecular complexity index is 195. The number of hydrogen-bond donors (Lipinski definition) is 0. The average molecular weight is 179 g/mol. The minimum atomic E-state index is -4.27. The average Bonchev–Trinajstić information content (AvgIpc) is 1.62. The van der Waals surface area contributed by atoms with Crippen molar-refractivity contribution in [2.75, 3.05) is 0 Å². The molecule has 0 rings (SSSR count). The third-order valence-electron chi connectivity index (χ3n) is 0.548. The van der Waals surface area contributed by atoms with Gasteiger partial charge in [0.25, 0.3) is 0 Å². The molecule has 0 amide bonds. The molecule has 0 aliphatic rings. The summed E-state index contributed by atoms with van der Waals surface area (Å²) >= 11 is 4.90. The van der Waals surface area contributed by atoms with E-state index in [4.69, 9.17) is 11.6 Å². The number of allylic oxidation sites excluding steroid dienone is 1. The molecule has 0 atom stereocenters. The molecule has 0 aromatic rings. The first-order valence-corrected chi connectivity index (χ1v) is 3.56. The van der Waals surface area contributed by atoms with Crippen molar-refractivity contribution in [2.45, 2.75) is 6.92 Å². The number of halogens is 1. The molecule has 6 heteroatoms. The summed E-state index contributed by atoms with van der Waals surface area (Å²) in [5.74, 6) is 0. The van der Waals surface area contributed by atoms with Gasteiger partial charge >= 0.3 is 29.6 Å². The summed E-state index contributed by atoms with van der Waals surface area (Å²) in [7, 11) is -4.27. The molecule has 0 bridgehead atoms. The standard InChI is InChI=1S/C3H5ClO3S.Na/c1-3(2-4)8(5,6)7;/h2H,1H3,(H,5,6,7);/q;+1/p-1. The van der Waals surface area contributed by atoms with Crippen LogP contribution in [0.1, 0.15) is 6.92 Å².